The van der Waals surface area contributed by atoms with E-state index >= 15 is 0 Å². The number of carbonyl (C=O) groups excluding carboxylic acids is 1. The topological polar surface area (TPSA) is 79.5 Å². The molecule has 1 amide bonds. The third-order valence-corrected chi connectivity index (χ3v) is 5.46. The van der Waals surface area contributed by atoms with Crippen LogP contribution >= 0.6 is 0 Å². The van der Waals surface area contributed by atoms with E-state index in [1.807, 2.05) is 44.0 Å². The Morgan fingerprint density at radius 3 is 2.52 bits per heavy atom. The second kappa shape index (κ2) is 10.2. The summed E-state index contributed by atoms with van der Waals surface area (Å²) in [5.41, 5.74) is 3.33. The number of methoxy groups -OCH3 is 2. The molecule has 0 atom stereocenters. The van der Waals surface area contributed by atoms with Crippen LogP contribution in [-0.2, 0) is 11.3 Å². The minimum atomic E-state index is -0.399. The predicted octanol–water partition coefficient (Wildman–Crippen LogP) is 4.19. The van der Waals surface area contributed by atoms with E-state index in [0.29, 0.717) is 35.1 Å². The summed E-state index contributed by atoms with van der Waals surface area (Å²) < 4.78 is 26.2. The fourth-order valence-electron chi connectivity index (χ4n) is 3.76. The number of amides is 1. The van der Waals surface area contributed by atoms with E-state index in [1.165, 1.54) is 12.1 Å². The molecule has 0 unspecified atom stereocenters. The predicted molar refractivity (Wildman–Crippen MR) is 124 cm³/mol. The number of rotatable bonds is 8. The Morgan fingerprint density at radius 2 is 1.88 bits per heavy atom. The lowest BCUT2D eigenvalue weighted by Crippen LogP contribution is -2.30. The van der Waals surface area contributed by atoms with E-state index in [4.69, 9.17) is 9.47 Å². The van der Waals surface area contributed by atoms with E-state index in [-0.39, 0.29) is 12.5 Å². The highest BCUT2D eigenvalue weighted by Crippen LogP contribution is 2.30. The molecule has 8 heteroatoms. The van der Waals surface area contributed by atoms with Crippen LogP contribution in [0, 0.1) is 31.0 Å². The van der Waals surface area contributed by atoms with Gasteiger partial charge in [-0.1, -0.05) is 12.1 Å². The van der Waals surface area contributed by atoms with Crippen molar-refractivity contribution in [3.8, 4) is 23.3 Å². The monoisotopic (exact) mass is 450 g/mol. The summed E-state index contributed by atoms with van der Waals surface area (Å²) in [4.78, 5) is 14.7. The number of aromatic nitrogens is 1. The minimum Gasteiger partial charge on any atom is -0.493 e. The maximum absolute atomic E-state index is 13.9. The van der Waals surface area contributed by atoms with Crippen LogP contribution in [0.1, 0.15) is 22.4 Å². The van der Waals surface area contributed by atoms with Gasteiger partial charge in [0.1, 0.15) is 17.7 Å². The zero-order valence-electron chi connectivity index (χ0n) is 19.4. The standard InChI is InChI=1S/C25H27FN4O3/c1-16-17(2)30(20-8-6-7-19(26)12-20)25(21(16)13-27)28-24(31)15-29(3)14-18-9-10-22(32-4)23(11-18)33-5/h6-12H,14-15H2,1-5H3,(H,28,31). The first-order chi connectivity index (χ1) is 15.8. The Bertz CT molecular complexity index is 1210. The zero-order valence-corrected chi connectivity index (χ0v) is 19.4. The molecule has 7 nitrogen and oxygen atoms in total. The second-order valence-electron chi connectivity index (χ2n) is 7.77. The molecule has 3 rings (SSSR count). The number of benzene rings is 2. The molecule has 172 valence electrons. The third-order valence-electron chi connectivity index (χ3n) is 5.46. The number of anilines is 1. The Hall–Kier alpha value is -3.83. The lowest BCUT2D eigenvalue weighted by atomic mass is 10.2. The van der Waals surface area contributed by atoms with Crippen LogP contribution < -0.4 is 14.8 Å². The van der Waals surface area contributed by atoms with Crippen molar-refractivity contribution in [1.29, 1.82) is 5.26 Å². The summed E-state index contributed by atoms with van der Waals surface area (Å²) in [5.74, 6) is 0.899. The molecule has 0 fully saturated rings. The summed E-state index contributed by atoms with van der Waals surface area (Å²) in [5, 5.41) is 12.6. The zero-order chi connectivity index (χ0) is 24.1. The second-order valence-corrected chi connectivity index (χ2v) is 7.77. The average Bonchev–Trinajstić information content (AvgIpc) is 3.02. The molecule has 33 heavy (non-hydrogen) atoms. The number of nitriles is 1. The number of nitrogens with one attached hydrogen (secondary N) is 1. The molecule has 0 spiro atoms. The quantitative estimate of drug-likeness (QED) is 0.557. The number of nitrogens with zero attached hydrogens (tertiary/aromatic N) is 3. The Balaban J connectivity index is 1.80. The van der Waals surface area contributed by atoms with Gasteiger partial charge in [0.05, 0.1) is 32.0 Å². The minimum absolute atomic E-state index is 0.0889. The maximum atomic E-state index is 13.9. The van der Waals surface area contributed by atoms with Gasteiger partial charge >= 0.3 is 0 Å². The fraction of sp³-hybridized carbons (Fsp3) is 0.280. The molecule has 0 aliphatic rings. The fourth-order valence-corrected chi connectivity index (χ4v) is 3.76. The maximum Gasteiger partial charge on any atom is 0.239 e. The van der Waals surface area contributed by atoms with Gasteiger partial charge in [0.25, 0.3) is 0 Å². The van der Waals surface area contributed by atoms with Crippen LogP contribution in [0.5, 0.6) is 11.5 Å². The smallest absolute Gasteiger partial charge is 0.239 e. The molecule has 3 aromatic rings. The number of ether oxygens (including phenoxy) is 2. The first-order valence-corrected chi connectivity index (χ1v) is 10.4. The molecule has 1 N–H and O–H groups in total. The van der Waals surface area contributed by atoms with Crippen molar-refractivity contribution < 1.29 is 18.7 Å². The van der Waals surface area contributed by atoms with Gasteiger partial charge in [-0.15, -0.1) is 0 Å². The van der Waals surface area contributed by atoms with Crippen LogP contribution in [0.15, 0.2) is 42.5 Å². The van der Waals surface area contributed by atoms with Crippen molar-refractivity contribution >= 4 is 11.7 Å². The first-order valence-electron chi connectivity index (χ1n) is 10.4. The van der Waals surface area contributed by atoms with Gasteiger partial charge in [0, 0.05) is 12.2 Å². The van der Waals surface area contributed by atoms with Gasteiger partial charge in [-0.05, 0) is 62.4 Å². The highest BCUT2D eigenvalue weighted by Gasteiger charge is 2.21. The van der Waals surface area contributed by atoms with Crippen molar-refractivity contribution in [2.75, 3.05) is 33.1 Å². The lowest BCUT2D eigenvalue weighted by molar-refractivity contribution is -0.117. The highest BCUT2D eigenvalue weighted by atomic mass is 19.1. The SMILES string of the molecule is COc1ccc(CN(C)CC(=O)Nc2c(C#N)c(C)c(C)n2-c2cccc(F)c2)cc1OC. The van der Waals surface area contributed by atoms with Gasteiger partial charge in [-0.2, -0.15) is 5.26 Å². The van der Waals surface area contributed by atoms with E-state index in [0.717, 1.165) is 16.8 Å². The van der Waals surface area contributed by atoms with Gasteiger partial charge in [0.15, 0.2) is 11.5 Å². The summed E-state index contributed by atoms with van der Waals surface area (Å²) in [6.07, 6.45) is 0. The van der Waals surface area contributed by atoms with Gasteiger partial charge in [-0.3, -0.25) is 14.3 Å². The lowest BCUT2D eigenvalue weighted by Gasteiger charge is -2.18. The van der Waals surface area contributed by atoms with Crippen molar-refractivity contribution in [2.45, 2.75) is 20.4 Å². The van der Waals surface area contributed by atoms with Gasteiger partial charge in [-0.25, -0.2) is 4.39 Å². The third kappa shape index (κ3) is 5.16. The molecule has 0 bridgehead atoms. The molecule has 1 heterocycles. The van der Waals surface area contributed by atoms with Crippen LogP contribution in [-0.4, -0.2) is 43.2 Å². The average molecular weight is 451 g/mol. The molecular formula is C25H27FN4O3. The van der Waals surface area contributed by atoms with Gasteiger partial charge in [0.2, 0.25) is 5.91 Å². The van der Waals surface area contributed by atoms with E-state index < -0.39 is 5.82 Å². The summed E-state index contributed by atoms with van der Waals surface area (Å²) in [6, 6.07) is 13.8. The Kier molecular flexibility index (Phi) is 7.36. The molecule has 0 saturated carbocycles. The first kappa shape index (κ1) is 23.8. The normalized spacial score (nSPS) is 10.7. The molecule has 0 aliphatic carbocycles. The molecule has 0 saturated heterocycles. The number of halogens is 1. The van der Waals surface area contributed by atoms with Crippen molar-refractivity contribution in [3.05, 3.63) is 70.7 Å². The molecule has 0 radical (unpaired) electrons. The Labute approximate surface area is 193 Å². The van der Waals surface area contributed by atoms with Crippen LogP contribution in [0.3, 0.4) is 0 Å². The largest absolute Gasteiger partial charge is 0.493 e. The summed E-state index contributed by atoms with van der Waals surface area (Å²) >= 11 is 0. The summed E-state index contributed by atoms with van der Waals surface area (Å²) in [6.45, 7) is 4.23. The molecule has 0 aliphatic heterocycles. The van der Waals surface area contributed by atoms with Crippen LogP contribution in [0.2, 0.25) is 0 Å². The van der Waals surface area contributed by atoms with Crippen molar-refractivity contribution in [2.24, 2.45) is 0 Å². The van der Waals surface area contributed by atoms with Crippen molar-refractivity contribution in [1.82, 2.24) is 9.47 Å². The van der Waals surface area contributed by atoms with Crippen LogP contribution in [0.4, 0.5) is 10.2 Å². The molecule has 2 aromatic carbocycles. The Morgan fingerprint density at radius 1 is 1.15 bits per heavy atom. The summed E-state index contributed by atoms with van der Waals surface area (Å²) in [7, 11) is 4.97. The number of carbonyl (C=O) groups is 1. The highest BCUT2D eigenvalue weighted by molar-refractivity contribution is 5.93. The number of likely N-dealkylation sites (N-methyl/N-ethyl adjacent to an activating group) is 1. The number of hydrogen-bond acceptors (Lipinski definition) is 5. The van der Waals surface area contributed by atoms with Gasteiger partial charge < -0.3 is 14.8 Å². The van der Waals surface area contributed by atoms with E-state index in [2.05, 4.69) is 11.4 Å². The van der Waals surface area contributed by atoms with E-state index in [1.54, 1.807) is 30.9 Å². The van der Waals surface area contributed by atoms with Crippen molar-refractivity contribution in [3.63, 3.8) is 0 Å². The molecule has 1 aromatic heterocycles. The van der Waals surface area contributed by atoms with E-state index in [9.17, 15) is 14.4 Å². The molecular weight excluding hydrogens is 423 g/mol. The van der Waals surface area contributed by atoms with Crippen LogP contribution in [0.25, 0.3) is 5.69 Å². The number of hydrogen-bond donors (Lipinski definition) is 1.